The zero-order valence-corrected chi connectivity index (χ0v) is 8.55. The number of nitrogens with two attached hydrogens (primary N) is 1. The SMILES string of the molecule is Cl.NCC1CCC(C(=O)CO)CC1. The van der Waals surface area contributed by atoms with Crippen LogP contribution in [0.15, 0.2) is 0 Å². The topological polar surface area (TPSA) is 63.3 Å². The first-order valence-electron chi connectivity index (χ1n) is 4.61. The van der Waals surface area contributed by atoms with E-state index in [0.717, 1.165) is 32.2 Å². The summed E-state index contributed by atoms with van der Waals surface area (Å²) in [5.41, 5.74) is 5.52. The lowest BCUT2D eigenvalue weighted by atomic mass is 9.80. The van der Waals surface area contributed by atoms with Gasteiger partial charge in [0, 0.05) is 5.92 Å². The molecule has 1 fully saturated rings. The smallest absolute Gasteiger partial charge is 0.161 e. The monoisotopic (exact) mass is 207 g/mol. The van der Waals surface area contributed by atoms with Crippen molar-refractivity contribution in [3.05, 3.63) is 0 Å². The van der Waals surface area contributed by atoms with Gasteiger partial charge in [-0.2, -0.15) is 0 Å². The molecule has 4 heteroatoms. The molecule has 0 spiro atoms. The fourth-order valence-electron chi connectivity index (χ4n) is 1.85. The quantitative estimate of drug-likeness (QED) is 0.718. The Morgan fingerprint density at radius 2 is 1.85 bits per heavy atom. The molecule has 13 heavy (non-hydrogen) atoms. The second-order valence-corrected chi connectivity index (χ2v) is 3.58. The van der Waals surface area contributed by atoms with E-state index < -0.39 is 0 Å². The number of hydrogen-bond donors (Lipinski definition) is 2. The second-order valence-electron chi connectivity index (χ2n) is 3.58. The number of halogens is 1. The lowest BCUT2D eigenvalue weighted by Gasteiger charge is -2.25. The number of carbonyl (C=O) groups is 1. The first-order valence-corrected chi connectivity index (χ1v) is 4.61. The van der Waals surface area contributed by atoms with Gasteiger partial charge in [-0.3, -0.25) is 4.79 Å². The van der Waals surface area contributed by atoms with Gasteiger partial charge >= 0.3 is 0 Å². The third-order valence-electron chi connectivity index (χ3n) is 2.79. The van der Waals surface area contributed by atoms with Crippen LogP contribution in [-0.4, -0.2) is 24.0 Å². The fourth-order valence-corrected chi connectivity index (χ4v) is 1.85. The van der Waals surface area contributed by atoms with E-state index >= 15 is 0 Å². The summed E-state index contributed by atoms with van der Waals surface area (Å²) in [6, 6.07) is 0. The van der Waals surface area contributed by atoms with E-state index in [1.807, 2.05) is 0 Å². The van der Waals surface area contributed by atoms with Gasteiger partial charge in [-0.15, -0.1) is 12.4 Å². The molecule has 0 saturated heterocycles. The van der Waals surface area contributed by atoms with Gasteiger partial charge in [0.15, 0.2) is 5.78 Å². The van der Waals surface area contributed by atoms with Gasteiger partial charge in [-0.05, 0) is 38.1 Å². The van der Waals surface area contributed by atoms with Crippen molar-refractivity contribution in [2.45, 2.75) is 25.7 Å². The number of hydrogen-bond acceptors (Lipinski definition) is 3. The van der Waals surface area contributed by atoms with Crippen molar-refractivity contribution in [3.63, 3.8) is 0 Å². The van der Waals surface area contributed by atoms with Crippen LogP contribution in [0.5, 0.6) is 0 Å². The fraction of sp³-hybridized carbons (Fsp3) is 0.889. The predicted molar refractivity (Wildman–Crippen MR) is 53.8 cm³/mol. The minimum atomic E-state index is -0.294. The summed E-state index contributed by atoms with van der Waals surface area (Å²) in [5, 5.41) is 8.64. The molecule has 0 amide bonds. The molecule has 0 aliphatic heterocycles. The van der Waals surface area contributed by atoms with Crippen molar-refractivity contribution in [1.29, 1.82) is 0 Å². The van der Waals surface area contributed by atoms with Crippen LogP contribution >= 0.6 is 12.4 Å². The van der Waals surface area contributed by atoms with Crippen molar-refractivity contribution in [1.82, 2.24) is 0 Å². The van der Waals surface area contributed by atoms with Gasteiger partial charge in [0.1, 0.15) is 6.61 Å². The molecule has 0 aromatic heterocycles. The number of Topliss-reactive ketones (excluding diaryl/α,β-unsaturated/α-hetero) is 1. The molecule has 0 heterocycles. The Morgan fingerprint density at radius 3 is 2.23 bits per heavy atom. The lowest BCUT2D eigenvalue weighted by Crippen LogP contribution is -2.27. The summed E-state index contributed by atoms with van der Waals surface area (Å²) in [5.74, 6) is 0.719. The number of carbonyl (C=O) groups excluding carboxylic acids is 1. The molecule has 0 radical (unpaired) electrons. The van der Waals surface area contributed by atoms with Crippen LogP contribution in [0.25, 0.3) is 0 Å². The zero-order chi connectivity index (χ0) is 8.97. The molecule has 0 bridgehead atoms. The van der Waals surface area contributed by atoms with E-state index in [4.69, 9.17) is 10.8 Å². The third kappa shape index (κ3) is 3.63. The highest BCUT2D eigenvalue weighted by atomic mass is 35.5. The molecule has 1 saturated carbocycles. The summed E-state index contributed by atoms with van der Waals surface area (Å²) in [6.45, 7) is 0.442. The minimum absolute atomic E-state index is 0. The van der Waals surface area contributed by atoms with E-state index in [1.54, 1.807) is 0 Å². The average molecular weight is 208 g/mol. The molecule has 0 aromatic rings. The van der Waals surface area contributed by atoms with Crippen molar-refractivity contribution >= 4 is 18.2 Å². The summed E-state index contributed by atoms with van der Waals surface area (Å²) in [6.07, 6.45) is 3.93. The van der Waals surface area contributed by atoms with Crippen LogP contribution in [0.4, 0.5) is 0 Å². The van der Waals surface area contributed by atoms with Gasteiger partial charge < -0.3 is 10.8 Å². The van der Waals surface area contributed by atoms with E-state index in [9.17, 15) is 4.79 Å². The number of ketones is 1. The summed E-state index contributed by atoms with van der Waals surface area (Å²) < 4.78 is 0. The molecule has 1 rings (SSSR count). The number of rotatable bonds is 3. The minimum Gasteiger partial charge on any atom is -0.389 e. The maximum Gasteiger partial charge on any atom is 0.161 e. The Bertz CT molecular complexity index is 156. The van der Waals surface area contributed by atoms with E-state index in [-0.39, 0.29) is 30.7 Å². The molecule has 1 aliphatic rings. The van der Waals surface area contributed by atoms with Crippen LogP contribution in [0.1, 0.15) is 25.7 Å². The van der Waals surface area contributed by atoms with Crippen molar-refractivity contribution in [3.8, 4) is 0 Å². The maximum atomic E-state index is 11.1. The summed E-state index contributed by atoms with van der Waals surface area (Å²) >= 11 is 0. The standard InChI is InChI=1S/C9H17NO2.ClH/c10-5-7-1-3-8(4-2-7)9(12)6-11;/h7-8,11H,1-6,10H2;1H. The highest BCUT2D eigenvalue weighted by Gasteiger charge is 2.24. The molecule has 0 unspecified atom stereocenters. The lowest BCUT2D eigenvalue weighted by molar-refractivity contribution is -0.126. The summed E-state index contributed by atoms with van der Waals surface area (Å²) in [4.78, 5) is 11.1. The normalized spacial score (nSPS) is 27.8. The second kappa shape index (κ2) is 6.35. The third-order valence-corrected chi connectivity index (χ3v) is 2.79. The van der Waals surface area contributed by atoms with E-state index in [2.05, 4.69) is 0 Å². The maximum absolute atomic E-state index is 11.1. The van der Waals surface area contributed by atoms with Gasteiger partial charge in [-0.1, -0.05) is 0 Å². The molecule has 0 aromatic carbocycles. The van der Waals surface area contributed by atoms with Crippen LogP contribution < -0.4 is 5.73 Å². The first kappa shape index (κ1) is 12.9. The molecule has 3 N–H and O–H groups in total. The molecule has 0 atom stereocenters. The largest absolute Gasteiger partial charge is 0.389 e. The molecular weight excluding hydrogens is 190 g/mol. The Balaban J connectivity index is 0.00000144. The van der Waals surface area contributed by atoms with Crippen LogP contribution in [0.2, 0.25) is 0 Å². The van der Waals surface area contributed by atoms with E-state index in [0.29, 0.717) is 5.92 Å². The molecule has 78 valence electrons. The Kier molecular flexibility index (Phi) is 6.29. The molecule has 3 nitrogen and oxygen atoms in total. The number of aliphatic hydroxyl groups excluding tert-OH is 1. The highest BCUT2D eigenvalue weighted by Crippen LogP contribution is 2.28. The predicted octanol–water partition coefficient (Wildman–Crippen LogP) is 0.735. The zero-order valence-electron chi connectivity index (χ0n) is 7.74. The van der Waals surface area contributed by atoms with E-state index in [1.165, 1.54) is 0 Å². The Labute approximate surface area is 85.1 Å². The Hall–Kier alpha value is -0.120. The van der Waals surface area contributed by atoms with Gasteiger partial charge in [0.05, 0.1) is 0 Å². The van der Waals surface area contributed by atoms with Gasteiger partial charge in [0.25, 0.3) is 0 Å². The molecule has 1 aliphatic carbocycles. The average Bonchev–Trinajstić information content (AvgIpc) is 2.17. The number of aliphatic hydroxyl groups is 1. The first-order chi connectivity index (χ1) is 5.77. The van der Waals surface area contributed by atoms with Crippen LogP contribution in [0, 0.1) is 11.8 Å². The highest BCUT2D eigenvalue weighted by molar-refractivity contribution is 5.85. The van der Waals surface area contributed by atoms with Crippen LogP contribution in [-0.2, 0) is 4.79 Å². The van der Waals surface area contributed by atoms with Crippen molar-refractivity contribution in [2.75, 3.05) is 13.2 Å². The van der Waals surface area contributed by atoms with Crippen LogP contribution in [0.3, 0.4) is 0 Å². The van der Waals surface area contributed by atoms with Gasteiger partial charge in [-0.25, -0.2) is 0 Å². The van der Waals surface area contributed by atoms with Crippen molar-refractivity contribution < 1.29 is 9.90 Å². The summed E-state index contributed by atoms with van der Waals surface area (Å²) in [7, 11) is 0. The van der Waals surface area contributed by atoms with Crippen molar-refractivity contribution in [2.24, 2.45) is 17.6 Å². The Morgan fingerprint density at radius 1 is 1.31 bits per heavy atom. The molecular formula is C9H18ClNO2. The van der Waals surface area contributed by atoms with Gasteiger partial charge in [0.2, 0.25) is 0 Å².